The highest BCUT2D eigenvalue weighted by Gasteiger charge is 2.71. The zero-order valence-electron chi connectivity index (χ0n) is 28.5. The zero-order valence-corrected chi connectivity index (χ0v) is 28.5. The summed E-state index contributed by atoms with van der Waals surface area (Å²) in [7, 11) is 0. The van der Waals surface area contributed by atoms with Crippen molar-refractivity contribution in [3.63, 3.8) is 0 Å². The molecule has 4 fully saturated rings. The number of ether oxygens (including phenoxy) is 1. The number of fused-ring (bicyclic) bond motifs is 7. The van der Waals surface area contributed by atoms with Gasteiger partial charge in [-0.15, -0.1) is 0 Å². The first-order valence-electron chi connectivity index (χ1n) is 17.4. The Morgan fingerprint density at radius 3 is 2.26 bits per heavy atom. The Morgan fingerprint density at radius 2 is 1.61 bits per heavy atom. The molecule has 0 aliphatic heterocycles. The third-order valence-corrected chi connectivity index (χ3v) is 14.7. The van der Waals surface area contributed by atoms with Gasteiger partial charge in [-0.3, -0.25) is 4.79 Å². The second-order valence-electron chi connectivity index (χ2n) is 17.4. The molecule has 4 N–H and O–H groups in total. The smallest absolute Gasteiger partial charge is 0.331 e. The number of rotatable bonds is 5. The summed E-state index contributed by atoms with van der Waals surface area (Å²) in [6.45, 7) is 13.5. The van der Waals surface area contributed by atoms with Crippen molar-refractivity contribution >= 4 is 18.0 Å². The molecule has 0 amide bonds. The van der Waals surface area contributed by atoms with Crippen LogP contribution in [0.5, 0.6) is 5.75 Å². The van der Waals surface area contributed by atoms with E-state index in [-0.39, 0.29) is 51.8 Å². The number of carboxylic acid groups (broad SMARTS) is 1. The molecule has 0 bridgehead atoms. The fourth-order valence-corrected chi connectivity index (χ4v) is 11.9. The average Bonchev–Trinajstić information content (AvgIpc) is 2.98. The summed E-state index contributed by atoms with van der Waals surface area (Å²) < 4.78 is 5.98. The zero-order chi connectivity index (χ0) is 33.5. The quantitative estimate of drug-likeness (QED) is 0.154. The first-order valence-corrected chi connectivity index (χ1v) is 17.4. The predicted octanol–water partition coefficient (Wildman–Crippen LogP) is 7.15. The molecule has 1 aromatic rings. The van der Waals surface area contributed by atoms with Crippen molar-refractivity contribution in [3.05, 3.63) is 47.6 Å². The summed E-state index contributed by atoms with van der Waals surface area (Å²) in [4.78, 5) is 26.0. The monoisotopic (exact) mass is 634 g/mol. The number of carboxylic acids is 1. The van der Waals surface area contributed by atoms with Crippen LogP contribution in [0.1, 0.15) is 105 Å². The van der Waals surface area contributed by atoms with Gasteiger partial charge in [-0.2, -0.15) is 0 Å². The van der Waals surface area contributed by atoms with Gasteiger partial charge in [0.1, 0.15) is 11.9 Å². The van der Waals surface area contributed by atoms with Gasteiger partial charge in [-0.05, 0) is 121 Å². The highest BCUT2D eigenvalue weighted by atomic mass is 16.6. The first-order chi connectivity index (χ1) is 21.5. The molecule has 0 aromatic heterocycles. The van der Waals surface area contributed by atoms with Gasteiger partial charge in [0.2, 0.25) is 0 Å². The van der Waals surface area contributed by atoms with Crippen LogP contribution in [0.3, 0.4) is 0 Å². The molecule has 1 aromatic carbocycles. The summed E-state index contributed by atoms with van der Waals surface area (Å²) in [6.07, 6.45) is 10.8. The molecule has 10 atom stereocenters. The van der Waals surface area contributed by atoms with Crippen molar-refractivity contribution in [3.8, 4) is 5.75 Å². The fourth-order valence-electron chi connectivity index (χ4n) is 11.9. The molecule has 5 aliphatic rings. The van der Waals surface area contributed by atoms with Crippen LogP contribution in [-0.2, 0) is 14.3 Å². The van der Waals surface area contributed by atoms with Gasteiger partial charge in [0, 0.05) is 11.5 Å². The lowest BCUT2D eigenvalue weighted by Crippen LogP contribution is -2.68. The normalized spacial score (nSPS) is 44.6. The van der Waals surface area contributed by atoms with Crippen LogP contribution in [0, 0.1) is 50.2 Å². The molecule has 0 spiro atoms. The summed E-state index contributed by atoms with van der Waals surface area (Å²) in [5.74, 6) is -0.769. The van der Waals surface area contributed by atoms with Crippen molar-refractivity contribution in [1.82, 2.24) is 0 Å². The summed E-state index contributed by atoms with van der Waals surface area (Å²) in [6, 6.07) is 6.49. The molecular weight excluding hydrogens is 580 g/mol. The van der Waals surface area contributed by atoms with Gasteiger partial charge in [0.05, 0.1) is 18.1 Å². The van der Waals surface area contributed by atoms with E-state index in [1.54, 1.807) is 30.3 Å². The molecule has 46 heavy (non-hydrogen) atoms. The van der Waals surface area contributed by atoms with Crippen molar-refractivity contribution in [1.29, 1.82) is 0 Å². The Bertz CT molecular complexity index is 1440. The number of benzene rings is 1. The minimum absolute atomic E-state index is 0.0271. The maximum atomic E-state index is 13.1. The number of phenolic OH excluding ortho intramolecular Hbond substituents is 1. The van der Waals surface area contributed by atoms with Gasteiger partial charge < -0.3 is 25.2 Å². The predicted molar refractivity (Wildman–Crippen MR) is 176 cm³/mol. The topological polar surface area (TPSA) is 124 Å². The first kappa shape index (κ1) is 33.3. The summed E-state index contributed by atoms with van der Waals surface area (Å²) in [5, 5.41) is 42.9. The number of allylic oxidation sites excluding steroid dienone is 2. The van der Waals surface area contributed by atoms with Gasteiger partial charge in [-0.25, -0.2) is 4.79 Å². The fraction of sp³-hybridized carbons (Fsp3) is 0.692. The average molecular weight is 635 g/mol. The molecule has 0 saturated heterocycles. The van der Waals surface area contributed by atoms with E-state index in [0.29, 0.717) is 12.8 Å². The Morgan fingerprint density at radius 1 is 0.935 bits per heavy atom. The Kier molecular flexibility index (Phi) is 7.92. The number of phenols is 1. The molecule has 252 valence electrons. The van der Waals surface area contributed by atoms with E-state index in [2.05, 4.69) is 40.7 Å². The SMILES string of the molecule is CC1(C)CC[C@]2(C(=O)O)CC[C@]3(C)C(=CC[C@@H]4[C@@]5(C)C[C@@H](O)[C@H](OC(=O)C=Cc6ccc(O)cc6)C(C)(CO)C5CC[C@]43C)[C@H]2C1. The maximum absolute atomic E-state index is 13.1. The summed E-state index contributed by atoms with van der Waals surface area (Å²) >= 11 is 0. The van der Waals surface area contributed by atoms with E-state index in [1.807, 2.05) is 6.92 Å². The number of hydrogen-bond acceptors (Lipinski definition) is 6. The molecule has 0 radical (unpaired) electrons. The number of aliphatic carboxylic acids is 1. The van der Waals surface area contributed by atoms with Crippen LogP contribution in [0.4, 0.5) is 0 Å². The van der Waals surface area contributed by atoms with E-state index in [1.165, 1.54) is 11.6 Å². The van der Waals surface area contributed by atoms with Crippen LogP contribution < -0.4 is 0 Å². The second-order valence-corrected chi connectivity index (χ2v) is 17.4. The van der Waals surface area contributed by atoms with E-state index in [9.17, 15) is 30.0 Å². The Balaban J connectivity index is 1.31. The van der Waals surface area contributed by atoms with Crippen LogP contribution in [-0.4, -0.2) is 51.2 Å². The third-order valence-electron chi connectivity index (χ3n) is 14.7. The molecule has 0 heterocycles. The lowest BCUT2D eigenvalue weighted by atomic mass is 9.33. The number of esters is 1. The number of aromatic hydroxyl groups is 1. The molecular formula is C39H54O7. The van der Waals surface area contributed by atoms with Gasteiger partial charge in [0.25, 0.3) is 0 Å². The number of hydrogen-bond donors (Lipinski definition) is 4. The third kappa shape index (κ3) is 4.73. The van der Waals surface area contributed by atoms with E-state index >= 15 is 0 Å². The maximum Gasteiger partial charge on any atom is 0.331 e. The largest absolute Gasteiger partial charge is 0.508 e. The highest BCUT2D eigenvalue weighted by Crippen LogP contribution is 2.75. The minimum Gasteiger partial charge on any atom is -0.508 e. The number of aliphatic hydroxyl groups is 2. The Hall–Kier alpha value is -2.64. The van der Waals surface area contributed by atoms with Crippen molar-refractivity contribution in [2.75, 3.05) is 6.61 Å². The number of carbonyl (C=O) groups excluding carboxylic acids is 1. The van der Waals surface area contributed by atoms with Crippen LogP contribution in [0.25, 0.3) is 6.08 Å². The Labute approximate surface area is 274 Å². The molecule has 5 aliphatic carbocycles. The number of carbonyl (C=O) groups is 2. The van der Waals surface area contributed by atoms with Gasteiger partial charge in [-0.1, -0.05) is 65.3 Å². The lowest BCUT2D eigenvalue weighted by molar-refractivity contribution is -0.249. The second kappa shape index (κ2) is 10.9. The lowest BCUT2D eigenvalue weighted by Gasteiger charge is -2.71. The van der Waals surface area contributed by atoms with Gasteiger partial charge in [0.15, 0.2) is 0 Å². The molecule has 7 heteroatoms. The molecule has 7 nitrogen and oxygen atoms in total. The van der Waals surface area contributed by atoms with Crippen LogP contribution in [0.15, 0.2) is 42.0 Å². The van der Waals surface area contributed by atoms with E-state index in [4.69, 9.17) is 4.74 Å². The number of aliphatic hydroxyl groups excluding tert-OH is 2. The molecule has 2 unspecified atom stereocenters. The van der Waals surface area contributed by atoms with Crippen molar-refractivity contribution in [2.45, 2.75) is 112 Å². The molecule has 6 rings (SSSR count). The van der Waals surface area contributed by atoms with Gasteiger partial charge >= 0.3 is 11.9 Å². The van der Waals surface area contributed by atoms with Crippen molar-refractivity contribution < 1.29 is 34.8 Å². The highest BCUT2D eigenvalue weighted by molar-refractivity contribution is 5.87. The van der Waals surface area contributed by atoms with E-state index in [0.717, 1.165) is 50.5 Å². The minimum atomic E-state index is -0.935. The van der Waals surface area contributed by atoms with Crippen molar-refractivity contribution in [2.24, 2.45) is 50.2 Å². The van der Waals surface area contributed by atoms with Crippen LogP contribution >= 0.6 is 0 Å². The standard InChI is InChI=1S/C39H54O7/c1-34(2)17-19-39(33(44)45)20-18-37(5)26(27(39)21-34)12-13-30-35(3)22-28(42)32(36(4,23-40)29(35)15-16-38(30,37)6)46-31(43)14-9-24-7-10-25(41)11-8-24/h7-12,14,27-30,32,40-42H,13,15-23H2,1-6H3,(H,44,45)/t27-,28-,29?,30-,32+,35+,36?,37-,38-,39+/m1/s1. The molecule has 4 saturated carbocycles. The van der Waals surface area contributed by atoms with Crippen LogP contribution in [0.2, 0.25) is 0 Å². The summed E-state index contributed by atoms with van der Waals surface area (Å²) in [5.41, 5.74) is 0.128. The van der Waals surface area contributed by atoms with E-state index < -0.39 is 35.0 Å².